The zero-order chi connectivity index (χ0) is 26.4. The molecule has 190 valence electrons. The average molecular weight is 518 g/mol. The van der Waals surface area contributed by atoms with Gasteiger partial charge in [0.1, 0.15) is 5.76 Å². The first-order valence-electron chi connectivity index (χ1n) is 11.5. The second-order valence-electron chi connectivity index (χ2n) is 8.57. The van der Waals surface area contributed by atoms with Gasteiger partial charge in [-0.1, -0.05) is 36.4 Å². The Morgan fingerprint density at radius 1 is 0.892 bits per heavy atom. The summed E-state index contributed by atoms with van der Waals surface area (Å²) in [5, 5.41) is 5.56. The molecule has 4 aromatic rings. The zero-order valence-electron chi connectivity index (χ0n) is 20.5. The van der Waals surface area contributed by atoms with Gasteiger partial charge in [0.25, 0.3) is 11.8 Å². The quantitative estimate of drug-likeness (QED) is 0.333. The molecule has 1 aromatic heterocycles. The van der Waals surface area contributed by atoms with Gasteiger partial charge in [0.2, 0.25) is 10.0 Å². The van der Waals surface area contributed by atoms with Gasteiger partial charge in [-0.3, -0.25) is 13.9 Å². The molecular weight excluding hydrogens is 490 g/mol. The van der Waals surface area contributed by atoms with Crippen LogP contribution in [-0.2, 0) is 23.1 Å². The van der Waals surface area contributed by atoms with Gasteiger partial charge in [0.15, 0.2) is 0 Å². The number of carbonyl (C=O) groups excluding carboxylic acids is 2. The van der Waals surface area contributed by atoms with Gasteiger partial charge >= 0.3 is 0 Å². The molecule has 0 saturated carbocycles. The fourth-order valence-corrected chi connectivity index (χ4v) is 4.65. The lowest BCUT2D eigenvalue weighted by atomic mass is 10.1. The van der Waals surface area contributed by atoms with E-state index in [0.29, 0.717) is 28.3 Å². The Morgan fingerprint density at radius 3 is 2.32 bits per heavy atom. The third-order valence-electron chi connectivity index (χ3n) is 5.66. The van der Waals surface area contributed by atoms with Crippen LogP contribution in [0.4, 0.5) is 11.4 Å². The summed E-state index contributed by atoms with van der Waals surface area (Å²) in [4.78, 5) is 25.6. The van der Waals surface area contributed by atoms with E-state index >= 15 is 0 Å². The van der Waals surface area contributed by atoms with E-state index in [-0.39, 0.29) is 19.0 Å². The number of nitrogens with one attached hydrogen (secondary N) is 2. The van der Waals surface area contributed by atoms with Crippen molar-refractivity contribution in [2.75, 3.05) is 15.9 Å². The van der Waals surface area contributed by atoms with Crippen molar-refractivity contribution in [2.45, 2.75) is 20.0 Å². The molecule has 37 heavy (non-hydrogen) atoms. The molecule has 0 radical (unpaired) electrons. The highest BCUT2D eigenvalue weighted by Gasteiger charge is 2.19. The number of hydrogen-bond acceptors (Lipinski definition) is 5. The monoisotopic (exact) mass is 517 g/mol. The molecule has 3 aromatic carbocycles. The Hall–Kier alpha value is -4.37. The van der Waals surface area contributed by atoms with Crippen LogP contribution in [0.5, 0.6) is 0 Å². The lowest BCUT2D eigenvalue weighted by molar-refractivity contribution is 0.0949. The minimum Gasteiger partial charge on any atom is -0.467 e. The van der Waals surface area contributed by atoms with Crippen molar-refractivity contribution in [3.05, 3.63) is 119 Å². The highest BCUT2D eigenvalue weighted by Crippen LogP contribution is 2.22. The third kappa shape index (κ3) is 6.65. The van der Waals surface area contributed by atoms with Crippen molar-refractivity contribution in [1.82, 2.24) is 5.32 Å². The molecule has 0 spiro atoms. The van der Waals surface area contributed by atoms with Crippen LogP contribution in [0.1, 0.15) is 37.6 Å². The van der Waals surface area contributed by atoms with E-state index in [0.717, 1.165) is 11.1 Å². The second-order valence-corrected chi connectivity index (χ2v) is 10.5. The number of furan rings is 1. The van der Waals surface area contributed by atoms with Gasteiger partial charge < -0.3 is 15.1 Å². The van der Waals surface area contributed by atoms with Gasteiger partial charge in [-0.05, 0) is 66.6 Å². The predicted molar refractivity (Wildman–Crippen MR) is 143 cm³/mol. The highest BCUT2D eigenvalue weighted by molar-refractivity contribution is 7.92. The first kappa shape index (κ1) is 25.7. The number of para-hydroxylation sites is 1. The number of rotatable bonds is 9. The van der Waals surface area contributed by atoms with E-state index in [2.05, 4.69) is 10.6 Å². The van der Waals surface area contributed by atoms with Gasteiger partial charge in [-0.15, -0.1) is 0 Å². The topological polar surface area (TPSA) is 109 Å². The minimum absolute atomic E-state index is 0.128. The van der Waals surface area contributed by atoms with Crippen LogP contribution >= 0.6 is 0 Å². The lowest BCUT2D eigenvalue weighted by Crippen LogP contribution is -2.29. The van der Waals surface area contributed by atoms with Crippen LogP contribution < -0.4 is 14.9 Å². The minimum atomic E-state index is -3.52. The molecule has 0 bridgehead atoms. The summed E-state index contributed by atoms with van der Waals surface area (Å²) < 4.78 is 31.5. The fourth-order valence-electron chi connectivity index (χ4n) is 3.77. The van der Waals surface area contributed by atoms with Gasteiger partial charge in [-0.2, -0.15) is 0 Å². The van der Waals surface area contributed by atoms with Crippen molar-refractivity contribution in [3.8, 4) is 0 Å². The van der Waals surface area contributed by atoms with Crippen molar-refractivity contribution >= 4 is 33.2 Å². The van der Waals surface area contributed by atoms with Crippen LogP contribution in [0.25, 0.3) is 0 Å². The molecule has 9 heteroatoms. The van der Waals surface area contributed by atoms with Crippen LogP contribution in [-0.4, -0.2) is 26.5 Å². The summed E-state index contributed by atoms with van der Waals surface area (Å²) in [7, 11) is -3.52. The maximum atomic E-state index is 12.9. The predicted octanol–water partition coefficient (Wildman–Crippen LogP) is 4.74. The van der Waals surface area contributed by atoms with E-state index in [9.17, 15) is 18.0 Å². The first-order valence-corrected chi connectivity index (χ1v) is 13.4. The number of carbonyl (C=O) groups is 2. The Morgan fingerprint density at radius 2 is 1.65 bits per heavy atom. The van der Waals surface area contributed by atoms with Crippen LogP contribution in [0.3, 0.4) is 0 Å². The molecule has 2 amide bonds. The molecule has 0 fully saturated rings. The number of aryl methyl sites for hydroxylation is 1. The number of nitrogens with zero attached hydrogens (tertiary/aromatic N) is 1. The van der Waals surface area contributed by atoms with Crippen molar-refractivity contribution in [1.29, 1.82) is 0 Å². The fraction of sp³-hybridized carbons (Fsp3) is 0.143. The van der Waals surface area contributed by atoms with Gasteiger partial charge in [0, 0.05) is 5.56 Å². The molecule has 0 aliphatic carbocycles. The zero-order valence-corrected chi connectivity index (χ0v) is 21.3. The first-order chi connectivity index (χ1) is 17.7. The number of hydrogen-bond donors (Lipinski definition) is 2. The summed E-state index contributed by atoms with van der Waals surface area (Å²) in [5.74, 6) is -0.122. The molecule has 4 rings (SSSR count). The van der Waals surface area contributed by atoms with Crippen LogP contribution in [0, 0.1) is 6.92 Å². The molecule has 0 atom stereocenters. The average Bonchev–Trinajstić information content (AvgIpc) is 3.39. The Balaban J connectivity index is 1.45. The molecule has 2 N–H and O–H groups in total. The molecule has 0 saturated heterocycles. The van der Waals surface area contributed by atoms with E-state index in [1.54, 1.807) is 66.7 Å². The number of amides is 2. The number of anilines is 2. The SMILES string of the molecule is Cc1cccc(N(Cc2ccc(C(=O)Nc3ccccc3C(=O)NCc3ccco3)cc2)S(C)(=O)=O)c1. The van der Waals surface area contributed by atoms with E-state index in [1.807, 2.05) is 25.1 Å². The lowest BCUT2D eigenvalue weighted by Gasteiger charge is -2.23. The van der Waals surface area contributed by atoms with Crippen molar-refractivity contribution in [2.24, 2.45) is 0 Å². The van der Waals surface area contributed by atoms with Crippen LogP contribution in [0.2, 0.25) is 0 Å². The van der Waals surface area contributed by atoms with Gasteiger partial charge in [-0.25, -0.2) is 8.42 Å². The van der Waals surface area contributed by atoms with Crippen molar-refractivity contribution < 1.29 is 22.4 Å². The Kier molecular flexibility index (Phi) is 7.74. The highest BCUT2D eigenvalue weighted by atomic mass is 32.2. The molecule has 0 unspecified atom stereocenters. The normalized spacial score (nSPS) is 11.1. The summed E-state index contributed by atoms with van der Waals surface area (Å²) in [5.41, 5.74) is 3.31. The van der Waals surface area contributed by atoms with Crippen molar-refractivity contribution in [3.63, 3.8) is 0 Å². The molecule has 1 heterocycles. The largest absolute Gasteiger partial charge is 0.467 e. The second kappa shape index (κ2) is 11.1. The van der Waals surface area contributed by atoms with E-state index in [1.165, 1.54) is 16.8 Å². The van der Waals surface area contributed by atoms with E-state index < -0.39 is 15.9 Å². The molecule has 0 aliphatic heterocycles. The summed E-state index contributed by atoms with van der Waals surface area (Å²) >= 11 is 0. The molecule has 8 nitrogen and oxygen atoms in total. The summed E-state index contributed by atoms with van der Waals surface area (Å²) in [6.07, 6.45) is 2.70. The Labute approximate surface area is 216 Å². The Bertz CT molecular complexity index is 1500. The molecular formula is C28H27N3O5S. The smallest absolute Gasteiger partial charge is 0.255 e. The maximum absolute atomic E-state index is 12.9. The van der Waals surface area contributed by atoms with E-state index in [4.69, 9.17) is 4.42 Å². The summed E-state index contributed by atoms with van der Waals surface area (Å²) in [6, 6.07) is 24.2. The maximum Gasteiger partial charge on any atom is 0.255 e. The van der Waals surface area contributed by atoms with Crippen LogP contribution in [0.15, 0.2) is 95.6 Å². The molecule has 0 aliphatic rings. The number of sulfonamides is 1. The number of benzene rings is 3. The standard InChI is InChI=1S/C28H27N3O5S/c1-20-7-5-8-23(17-20)31(37(2,34)35)19-21-12-14-22(15-13-21)27(32)30-26-11-4-3-10-25(26)28(33)29-18-24-9-6-16-36-24/h3-17H,18-19H2,1-2H3,(H,29,33)(H,30,32). The summed E-state index contributed by atoms with van der Waals surface area (Å²) in [6.45, 7) is 2.25. The van der Waals surface area contributed by atoms with Gasteiger partial charge in [0.05, 0.1) is 42.5 Å². The third-order valence-corrected chi connectivity index (χ3v) is 6.80.